The van der Waals surface area contributed by atoms with E-state index in [-0.39, 0.29) is 18.5 Å². The van der Waals surface area contributed by atoms with E-state index in [2.05, 4.69) is 45.9 Å². The molecule has 1 heterocycles. The SMILES string of the molecule is CC.CCCCCc1cc(OC(C)OCCCO)c2c(c1)OC(C)(C)C1CCC(C)=CC21. The molecule has 0 saturated carbocycles. The number of ether oxygens (including phenoxy) is 3. The lowest BCUT2D eigenvalue weighted by Crippen LogP contribution is -2.45. The third kappa shape index (κ3) is 6.74. The molecule has 2 aliphatic rings. The summed E-state index contributed by atoms with van der Waals surface area (Å²) in [5.41, 5.74) is 3.70. The summed E-state index contributed by atoms with van der Waals surface area (Å²) in [6.45, 7) is 15.5. The highest BCUT2D eigenvalue weighted by Gasteiger charge is 2.45. The van der Waals surface area contributed by atoms with Crippen molar-refractivity contribution in [2.45, 2.75) is 111 Å². The van der Waals surface area contributed by atoms with Crippen LogP contribution in [0.4, 0.5) is 0 Å². The van der Waals surface area contributed by atoms with Gasteiger partial charge in [-0.2, -0.15) is 0 Å². The van der Waals surface area contributed by atoms with Crippen LogP contribution < -0.4 is 9.47 Å². The predicted octanol–water partition coefficient (Wildman–Crippen LogP) is 7.18. The molecule has 1 aliphatic carbocycles. The van der Waals surface area contributed by atoms with Gasteiger partial charge in [-0.3, -0.25) is 0 Å². The minimum absolute atomic E-state index is 0.131. The summed E-state index contributed by atoms with van der Waals surface area (Å²) in [5, 5.41) is 9.03. The summed E-state index contributed by atoms with van der Waals surface area (Å²) < 4.78 is 18.7. The Hall–Kier alpha value is -1.52. The first-order valence-electron chi connectivity index (χ1n) is 12.8. The largest absolute Gasteiger partial charge is 0.487 e. The lowest BCUT2D eigenvalue weighted by molar-refractivity contribution is -0.0714. The number of benzene rings is 1. The number of allylic oxidation sites excluding steroid dienone is 2. The van der Waals surface area contributed by atoms with Crippen molar-refractivity contribution >= 4 is 0 Å². The van der Waals surface area contributed by atoms with E-state index in [4.69, 9.17) is 19.3 Å². The molecule has 0 radical (unpaired) electrons. The van der Waals surface area contributed by atoms with Crippen LogP contribution in [-0.4, -0.2) is 30.2 Å². The lowest BCUT2D eigenvalue weighted by atomic mass is 9.68. The van der Waals surface area contributed by atoms with Crippen molar-refractivity contribution in [3.8, 4) is 11.5 Å². The molecule has 1 aliphatic heterocycles. The molecule has 1 aromatic carbocycles. The van der Waals surface area contributed by atoms with E-state index in [0.29, 0.717) is 24.9 Å². The van der Waals surface area contributed by atoms with Gasteiger partial charge in [0.15, 0.2) is 6.29 Å². The van der Waals surface area contributed by atoms with Gasteiger partial charge in [0, 0.05) is 24.0 Å². The number of aliphatic hydroxyl groups excluding tert-OH is 1. The van der Waals surface area contributed by atoms with Gasteiger partial charge in [-0.05, 0) is 77.5 Å². The van der Waals surface area contributed by atoms with E-state index < -0.39 is 0 Å². The quantitative estimate of drug-likeness (QED) is 0.235. The second kappa shape index (κ2) is 12.6. The van der Waals surface area contributed by atoms with Crippen molar-refractivity contribution in [3.63, 3.8) is 0 Å². The van der Waals surface area contributed by atoms with E-state index in [0.717, 1.165) is 30.8 Å². The Bertz CT molecular complexity index is 737. The number of aliphatic hydroxyl groups is 1. The van der Waals surface area contributed by atoms with Gasteiger partial charge in [0.1, 0.15) is 17.1 Å². The smallest absolute Gasteiger partial charge is 0.196 e. The molecule has 0 saturated heterocycles. The summed E-state index contributed by atoms with van der Waals surface area (Å²) in [6.07, 6.45) is 9.60. The molecule has 3 atom stereocenters. The molecule has 3 unspecified atom stereocenters. The zero-order valence-electron chi connectivity index (χ0n) is 21.5. The second-order valence-electron chi connectivity index (χ2n) is 9.49. The fourth-order valence-corrected chi connectivity index (χ4v) is 4.91. The summed E-state index contributed by atoms with van der Waals surface area (Å²) >= 11 is 0. The van der Waals surface area contributed by atoms with Gasteiger partial charge in [-0.1, -0.05) is 45.3 Å². The summed E-state index contributed by atoms with van der Waals surface area (Å²) in [6, 6.07) is 4.45. The minimum atomic E-state index is -0.367. The zero-order valence-corrected chi connectivity index (χ0v) is 21.5. The highest BCUT2D eigenvalue weighted by Crippen LogP contribution is 2.53. The second-order valence-corrected chi connectivity index (χ2v) is 9.49. The molecule has 0 spiro atoms. The molecule has 0 bridgehead atoms. The Kier molecular flexibility index (Phi) is 10.6. The Morgan fingerprint density at radius 1 is 1.19 bits per heavy atom. The van der Waals surface area contributed by atoms with Gasteiger partial charge in [0.05, 0.1) is 6.61 Å². The van der Waals surface area contributed by atoms with Crippen LogP contribution in [0.3, 0.4) is 0 Å². The van der Waals surface area contributed by atoms with Crippen molar-refractivity contribution in [3.05, 3.63) is 34.9 Å². The minimum Gasteiger partial charge on any atom is -0.487 e. The summed E-state index contributed by atoms with van der Waals surface area (Å²) in [7, 11) is 0. The van der Waals surface area contributed by atoms with Crippen LogP contribution in [0.5, 0.6) is 11.5 Å². The molecule has 32 heavy (non-hydrogen) atoms. The van der Waals surface area contributed by atoms with E-state index in [9.17, 15) is 0 Å². The molecule has 0 fully saturated rings. The normalized spacial score (nSPS) is 21.8. The zero-order chi connectivity index (χ0) is 23.7. The number of hydrogen-bond donors (Lipinski definition) is 1. The Labute approximate surface area is 196 Å². The molecule has 3 rings (SSSR count). The van der Waals surface area contributed by atoms with Crippen LogP contribution >= 0.6 is 0 Å². The van der Waals surface area contributed by atoms with Gasteiger partial charge in [-0.15, -0.1) is 0 Å². The van der Waals surface area contributed by atoms with Gasteiger partial charge < -0.3 is 19.3 Å². The molecule has 4 nitrogen and oxygen atoms in total. The third-order valence-electron chi connectivity index (χ3n) is 6.53. The first-order valence-corrected chi connectivity index (χ1v) is 12.8. The van der Waals surface area contributed by atoms with Crippen LogP contribution in [0.25, 0.3) is 0 Å². The van der Waals surface area contributed by atoms with E-state index >= 15 is 0 Å². The first kappa shape index (κ1) is 26.7. The average molecular weight is 447 g/mol. The molecular weight excluding hydrogens is 400 g/mol. The van der Waals surface area contributed by atoms with Crippen LogP contribution in [0, 0.1) is 5.92 Å². The highest BCUT2D eigenvalue weighted by molar-refractivity contribution is 5.54. The van der Waals surface area contributed by atoms with Crippen molar-refractivity contribution < 1.29 is 19.3 Å². The van der Waals surface area contributed by atoms with Crippen LogP contribution in [0.1, 0.15) is 104 Å². The third-order valence-corrected chi connectivity index (χ3v) is 6.53. The number of aryl methyl sites for hydroxylation is 1. The molecule has 182 valence electrons. The summed E-state index contributed by atoms with van der Waals surface area (Å²) in [5.74, 6) is 2.61. The first-order chi connectivity index (χ1) is 15.4. The number of hydrogen-bond acceptors (Lipinski definition) is 4. The average Bonchev–Trinajstić information content (AvgIpc) is 2.74. The van der Waals surface area contributed by atoms with E-state index in [1.807, 2.05) is 20.8 Å². The topological polar surface area (TPSA) is 47.9 Å². The van der Waals surface area contributed by atoms with E-state index in [1.54, 1.807) is 0 Å². The van der Waals surface area contributed by atoms with Gasteiger partial charge >= 0.3 is 0 Å². The fourth-order valence-electron chi connectivity index (χ4n) is 4.91. The van der Waals surface area contributed by atoms with Gasteiger partial charge in [0.25, 0.3) is 0 Å². The van der Waals surface area contributed by atoms with Crippen LogP contribution in [0.2, 0.25) is 0 Å². The molecule has 4 heteroatoms. The number of rotatable bonds is 10. The van der Waals surface area contributed by atoms with E-state index in [1.165, 1.54) is 36.0 Å². The Balaban J connectivity index is 0.00000176. The monoisotopic (exact) mass is 446 g/mol. The van der Waals surface area contributed by atoms with Crippen molar-refractivity contribution in [2.75, 3.05) is 13.2 Å². The van der Waals surface area contributed by atoms with Gasteiger partial charge in [-0.25, -0.2) is 0 Å². The maximum absolute atomic E-state index is 9.03. The molecule has 0 aromatic heterocycles. The maximum atomic E-state index is 9.03. The lowest BCUT2D eigenvalue weighted by Gasteiger charge is -2.47. The summed E-state index contributed by atoms with van der Waals surface area (Å²) in [4.78, 5) is 0. The number of unbranched alkanes of at least 4 members (excludes halogenated alkanes) is 2. The fraction of sp³-hybridized carbons (Fsp3) is 0.714. The highest BCUT2D eigenvalue weighted by atomic mass is 16.7. The molecule has 1 N–H and O–H groups in total. The Morgan fingerprint density at radius 2 is 1.94 bits per heavy atom. The van der Waals surface area contributed by atoms with Crippen molar-refractivity contribution in [1.82, 2.24) is 0 Å². The van der Waals surface area contributed by atoms with Crippen molar-refractivity contribution in [1.29, 1.82) is 0 Å². The predicted molar refractivity (Wildman–Crippen MR) is 133 cm³/mol. The van der Waals surface area contributed by atoms with Crippen molar-refractivity contribution in [2.24, 2.45) is 5.92 Å². The van der Waals surface area contributed by atoms with Gasteiger partial charge in [0.2, 0.25) is 0 Å². The maximum Gasteiger partial charge on any atom is 0.196 e. The van der Waals surface area contributed by atoms with Crippen LogP contribution in [-0.2, 0) is 11.2 Å². The Morgan fingerprint density at radius 3 is 2.62 bits per heavy atom. The molecule has 1 aromatic rings. The van der Waals surface area contributed by atoms with Crippen LogP contribution in [0.15, 0.2) is 23.8 Å². The molecular formula is C28H46O4. The molecule has 0 amide bonds. The number of fused-ring (bicyclic) bond motifs is 3. The standard InChI is InChI=1S/C26H40O4.C2H6/c1-6-7-8-10-20-16-23(29-19(3)28-14-9-13-27)25-21-15-18(2)11-12-22(21)26(4,5)30-24(25)17-20;1-2/h15-17,19,21-22,27H,6-14H2,1-5H3;1-2H3.